The quantitative estimate of drug-likeness (QED) is 0.504. The summed E-state index contributed by atoms with van der Waals surface area (Å²) in [6.45, 7) is 0.225. The van der Waals surface area contributed by atoms with Gasteiger partial charge in [-0.1, -0.05) is 18.0 Å². The Bertz CT molecular complexity index is 1120. The second-order valence-electron chi connectivity index (χ2n) is 11.0. The average molecular weight is 521 g/mol. The molecule has 0 amide bonds. The first kappa shape index (κ1) is 24.6. The number of piperidine rings is 1. The van der Waals surface area contributed by atoms with Gasteiger partial charge in [0, 0.05) is 29.5 Å². The number of aromatic nitrogens is 3. The monoisotopic (exact) mass is 520 g/mol. The van der Waals surface area contributed by atoms with E-state index in [1.807, 2.05) is 0 Å². The van der Waals surface area contributed by atoms with E-state index in [2.05, 4.69) is 20.0 Å². The molecule has 2 unspecified atom stereocenters. The largest absolute Gasteiger partial charge is 0.476 e. The van der Waals surface area contributed by atoms with E-state index in [4.69, 9.17) is 14.4 Å². The molecule has 4 fully saturated rings. The molecule has 0 spiro atoms. The fraction of sp³-hybridized carbons (Fsp3) is 0.692. The first-order valence-electron chi connectivity index (χ1n) is 13.3. The van der Waals surface area contributed by atoms with Crippen LogP contribution in [0.2, 0.25) is 0 Å². The molecule has 0 radical (unpaired) electrons. The van der Waals surface area contributed by atoms with Crippen molar-refractivity contribution in [3.05, 3.63) is 35.1 Å². The second kappa shape index (κ2) is 9.56. The van der Waals surface area contributed by atoms with Gasteiger partial charge in [0.25, 0.3) is 0 Å². The minimum Gasteiger partial charge on any atom is -0.476 e. The van der Waals surface area contributed by atoms with Gasteiger partial charge in [-0.05, 0) is 51.4 Å². The average Bonchev–Trinajstić information content (AvgIpc) is 3.58. The highest BCUT2D eigenvalue weighted by atomic mass is 19.4. The maximum Gasteiger partial charge on any atom is 0.392 e. The molecule has 2 aliphatic carbocycles. The summed E-state index contributed by atoms with van der Waals surface area (Å²) in [6, 6.07) is 0.401. The van der Waals surface area contributed by atoms with Gasteiger partial charge in [-0.15, -0.1) is 0 Å². The number of hydrogen-bond donors (Lipinski definition) is 1. The molecule has 1 N–H and O–H groups in total. The van der Waals surface area contributed by atoms with Gasteiger partial charge in [-0.25, -0.2) is 14.8 Å². The van der Waals surface area contributed by atoms with Crippen LogP contribution in [0.3, 0.4) is 0 Å². The minimum atomic E-state index is -4.25. The van der Waals surface area contributed by atoms with Crippen molar-refractivity contribution in [1.29, 1.82) is 0 Å². The molecule has 2 aromatic rings. The molecule has 2 saturated heterocycles. The summed E-state index contributed by atoms with van der Waals surface area (Å²) in [6.07, 6.45) is 5.93. The summed E-state index contributed by atoms with van der Waals surface area (Å²) in [5, 5.41) is 13.3. The number of rotatable bonds is 7. The molecule has 0 aromatic carbocycles. The predicted octanol–water partition coefficient (Wildman–Crippen LogP) is 5.59. The van der Waals surface area contributed by atoms with Gasteiger partial charge in [-0.2, -0.15) is 13.2 Å². The Kier molecular flexibility index (Phi) is 6.37. The molecule has 6 rings (SSSR count). The van der Waals surface area contributed by atoms with E-state index in [0.717, 1.165) is 56.3 Å². The van der Waals surface area contributed by atoms with Crippen LogP contribution < -0.4 is 4.90 Å². The number of alkyl halides is 3. The van der Waals surface area contributed by atoms with Gasteiger partial charge in [0.15, 0.2) is 5.69 Å². The number of halogens is 3. The molecule has 2 aliphatic heterocycles. The molecule has 200 valence electrons. The van der Waals surface area contributed by atoms with Crippen LogP contribution in [0.15, 0.2) is 16.9 Å². The van der Waals surface area contributed by atoms with Gasteiger partial charge in [0.1, 0.15) is 11.6 Å². The number of carboxylic acids is 1. The Balaban J connectivity index is 1.17. The third kappa shape index (κ3) is 4.82. The van der Waals surface area contributed by atoms with Crippen molar-refractivity contribution < 1.29 is 32.3 Å². The zero-order chi connectivity index (χ0) is 25.7. The van der Waals surface area contributed by atoms with Crippen molar-refractivity contribution in [2.24, 2.45) is 5.92 Å². The molecular formula is C26H31F3N4O4. The highest BCUT2D eigenvalue weighted by Crippen LogP contribution is 2.50. The number of hydrogen-bond acceptors (Lipinski definition) is 7. The predicted molar refractivity (Wildman–Crippen MR) is 125 cm³/mol. The van der Waals surface area contributed by atoms with Crippen LogP contribution in [0, 0.1) is 5.92 Å². The van der Waals surface area contributed by atoms with Crippen LogP contribution in [0.5, 0.6) is 0 Å². The molecule has 8 nitrogen and oxygen atoms in total. The van der Waals surface area contributed by atoms with Gasteiger partial charge >= 0.3 is 12.1 Å². The summed E-state index contributed by atoms with van der Waals surface area (Å²) in [5.74, 6) is -1.54. The van der Waals surface area contributed by atoms with Crippen LogP contribution in [0.1, 0.15) is 104 Å². The number of anilines is 1. The number of ether oxygens (including phenoxy) is 1. The van der Waals surface area contributed by atoms with E-state index >= 15 is 0 Å². The Morgan fingerprint density at radius 1 is 1.05 bits per heavy atom. The fourth-order valence-corrected chi connectivity index (χ4v) is 6.69. The molecule has 2 bridgehead atoms. The third-order valence-electron chi connectivity index (χ3n) is 8.61. The maximum absolute atomic E-state index is 13.9. The van der Waals surface area contributed by atoms with Crippen molar-refractivity contribution in [3.63, 3.8) is 0 Å². The van der Waals surface area contributed by atoms with E-state index < -0.39 is 24.0 Å². The van der Waals surface area contributed by atoms with Crippen LogP contribution in [0.25, 0.3) is 0 Å². The number of carbonyl (C=O) groups is 1. The topological polar surface area (TPSA) is 102 Å². The molecule has 4 atom stereocenters. The van der Waals surface area contributed by atoms with E-state index in [1.165, 1.54) is 12.4 Å². The van der Waals surface area contributed by atoms with Gasteiger partial charge in [0.05, 0.1) is 36.7 Å². The lowest BCUT2D eigenvalue weighted by Gasteiger charge is -2.39. The van der Waals surface area contributed by atoms with Crippen LogP contribution in [-0.2, 0) is 11.3 Å². The summed E-state index contributed by atoms with van der Waals surface area (Å²) < 4.78 is 53.6. The lowest BCUT2D eigenvalue weighted by Crippen LogP contribution is -2.46. The summed E-state index contributed by atoms with van der Waals surface area (Å²) in [5.41, 5.74) is 1.11. The first-order valence-corrected chi connectivity index (χ1v) is 13.3. The van der Waals surface area contributed by atoms with E-state index in [1.54, 1.807) is 0 Å². The summed E-state index contributed by atoms with van der Waals surface area (Å²) >= 11 is 0. The Morgan fingerprint density at radius 2 is 1.78 bits per heavy atom. The van der Waals surface area contributed by atoms with E-state index in [9.17, 15) is 18.0 Å². The van der Waals surface area contributed by atoms with Gasteiger partial charge in [-0.3, -0.25) is 0 Å². The summed E-state index contributed by atoms with van der Waals surface area (Å²) in [7, 11) is 0. The maximum atomic E-state index is 13.9. The van der Waals surface area contributed by atoms with Crippen molar-refractivity contribution in [2.75, 3.05) is 4.90 Å². The van der Waals surface area contributed by atoms with Crippen molar-refractivity contribution in [1.82, 2.24) is 15.1 Å². The van der Waals surface area contributed by atoms with Crippen LogP contribution in [-0.4, -0.2) is 50.6 Å². The highest BCUT2D eigenvalue weighted by molar-refractivity contribution is 5.84. The molecule has 11 heteroatoms. The number of aromatic carboxylic acids is 1. The standard InChI is InChI=1S/C26H31F3N4O4/c27-26(28,29)20-4-2-1-3-18(20)23-19(24(37-32-23)14-5-6-14)13-36-17-9-15-7-8-16(10-17)33(15)22-12-30-21(11-31-22)25(34)35/h11-12,14-18,20H,1-10,13H2,(H,34,35)/t15?,16?,17?,18-,20-/m0/s1. The number of fused-ring (bicyclic) bond motifs is 2. The third-order valence-corrected chi connectivity index (χ3v) is 8.61. The SMILES string of the molecule is O=C(O)c1cnc(N2C3CCC2CC(OCc2c([C@H]4CCCC[C@@H]4C(F)(F)F)noc2C2CC2)C3)cn1. The van der Waals surface area contributed by atoms with Crippen LogP contribution >= 0.6 is 0 Å². The Labute approximate surface area is 212 Å². The second-order valence-corrected chi connectivity index (χ2v) is 11.0. The van der Waals surface area contributed by atoms with Gasteiger partial charge < -0.3 is 19.3 Å². The number of carboxylic acid groups (broad SMARTS) is 1. The molecular weight excluding hydrogens is 489 g/mol. The normalized spacial score (nSPS) is 30.0. The smallest absolute Gasteiger partial charge is 0.392 e. The van der Waals surface area contributed by atoms with Crippen molar-refractivity contribution in [2.45, 2.75) is 107 Å². The highest BCUT2D eigenvalue weighted by Gasteiger charge is 2.49. The number of nitrogens with zero attached hydrogens (tertiary/aromatic N) is 4. The zero-order valence-corrected chi connectivity index (χ0v) is 20.5. The zero-order valence-electron chi connectivity index (χ0n) is 20.5. The molecule has 37 heavy (non-hydrogen) atoms. The fourth-order valence-electron chi connectivity index (χ4n) is 6.69. The van der Waals surface area contributed by atoms with Gasteiger partial charge in [0.2, 0.25) is 0 Å². The van der Waals surface area contributed by atoms with E-state index in [-0.39, 0.29) is 42.8 Å². The van der Waals surface area contributed by atoms with E-state index in [0.29, 0.717) is 24.4 Å². The lowest BCUT2D eigenvalue weighted by molar-refractivity contribution is -0.187. The van der Waals surface area contributed by atoms with Crippen molar-refractivity contribution >= 4 is 11.8 Å². The molecule has 2 aromatic heterocycles. The Hall–Kier alpha value is -2.69. The lowest BCUT2D eigenvalue weighted by atomic mass is 9.76. The minimum absolute atomic E-state index is 0.0282. The first-order chi connectivity index (χ1) is 17.8. The molecule has 4 aliphatic rings. The molecule has 2 saturated carbocycles. The van der Waals surface area contributed by atoms with Crippen LogP contribution in [0.4, 0.5) is 19.0 Å². The summed E-state index contributed by atoms with van der Waals surface area (Å²) in [4.78, 5) is 21.7. The Morgan fingerprint density at radius 3 is 2.41 bits per heavy atom. The van der Waals surface area contributed by atoms with Crippen molar-refractivity contribution in [3.8, 4) is 0 Å². The molecule has 4 heterocycles.